The summed E-state index contributed by atoms with van der Waals surface area (Å²) in [5, 5.41) is 8.18. The molecule has 1 aliphatic carbocycles. The normalized spacial score (nSPS) is 22.0. The minimum absolute atomic E-state index is 0.0308. The Balaban J connectivity index is 1.31. The molecule has 9 heteroatoms. The van der Waals surface area contributed by atoms with Gasteiger partial charge in [0.1, 0.15) is 0 Å². The van der Waals surface area contributed by atoms with E-state index < -0.39 is 5.41 Å². The first-order valence-corrected chi connectivity index (χ1v) is 14.9. The molecule has 2 unspecified atom stereocenters. The van der Waals surface area contributed by atoms with Gasteiger partial charge in [-0.2, -0.15) is 0 Å². The average molecular weight is 619 g/mol. The van der Waals surface area contributed by atoms with Crippen LogP contribution in [0.25, 0.3) is 0 Å². The second-order valence-corrected chi connectivity index (χ2v) is 12.5. The molecule has 1 aliphatic heterocycles. The summed E-state index contributed by atoms with van der Waals surface area (Å²) in [6.07, 6.45) is 2.31. The van der Waals surface area contributed by atoms with E-state index in [9.17, 15) is 9.59 Å². The van der Waals surface area contributed by atoms with Gasteiger partial charge in [-0.05, 0) is 66.1 Å². The number of piperidine rings is 1. The Morgan fingerprint density at radius 3 is 2.12 bits per heavy atom. The predicted molar refractivity (Wildman–Crippen MR) is 162 cm³/mol. The van der Waals surface area contributed by atoms with Crippen molar-refractivity contribution in [2.45, 2.75) is 43.7 Å². The minimum Gasteiger partial charge on any atom is -0.351 e. The van der Waals surface area contributed by atoms with Gasteiger partial charge in [-0.25, -0.2) is 0 Å². The smallest absolute Gasteiger partial charge is 0.231 e. The van der Waals surface area contributed by atoms with Gasteiger partial charge in [-0.1, -0.05) is 88.9 Å². The van der Waals surface area contributed by atoms with E-state index in [-0.39, 0.29) is 23.3 Å². The molecular weight excluding hydrogens is 588 g/mol. The monoisotopic (exact) mass is 617 g/mol. The van der Waals surface area contributed by atoms with E-state index in [4.69, 9.17) is 46.4 Å². The lowest BCUT2D eigenvalue weighted by Crippen LogP contribution is -2.53. The molecule has 2 atom stereocenters. The third-order valence-electron chi connectivity index (χ3n) is 8.31. The van der Waals surface area contributed by atoms with Crippen molar-refractivity contribution in [2.24, 2.45) is 5.92 Å². The number of likely N-dealkylation sites (tertiary alicyclic amines) is 1. The van der Waals surface area contributed by atoms with Crippen molar-refractivity contribution in [1.82, 2.24) is 15.5 Å². The molecule has 2 fully saturated rings. The highest BCUT2D eigenvalue weighted by molar-refractivity contribution is 6.42. The number of carbonyl (C=O) groups is 2. The fourth-order valence-corrected chi connectivity index (χ4v) is 6.70. The molecule has 3 aromatic carbocycles. The number of amides is 2. The molecule has 0 bridgehead atoms. The standard InChI is InChI=1S/C31H31Cl4N3O2/c1-20(39)37-30(22-5-3-2-4-6-22)11-13-38(14-12-30)19-24-17-31(24,23-8-10-26(33)28(35)16-23)29(40)36-18-21-7-9-25(32)27(34)15-21/h2-10,15-16,24H,11-14,17-19H2,1H3,(H,36,40)(H,37,39). The maximum absolute atomic E-state index is 13.8. The van der Waals surface area contributed by atoms with E-state index >= 15 is 0 Å². The number of benzene rings is 3. The van der Waals surface area contributed by atoms with Gasteiger partial charge in [0.2, 0.25) is 11.8 Å². The van der Waals surface area contributed by atoms with Crippen molar-refractivity contribution in [1.29, 1.82) is 0 Å². The maximum Gasteiger partial charge on any atom is 0.231 e. The van der Waals surface area contributed by atoms with Crippen LogP contribution in [0.5, 0.6) is 0 Å². The second-order valence-electron chi connectivity index (χ2n) is 10.9. The number of hydrogen-bond acceptors (Lipinski definition) is 3. The quantitative estimate of drug-likeness (QED) is 0.286. The molecule has 1 heterocycles. The van der Waals surface area contributed by atoms with Crippen molar-refractivity contribution >= 4 is 58.2 Å². The van der Waals surface area contributed by atoms with Gasteiger partial charge in [-0.3, -0.25) is 9.59 Å². The number of carbonyl (C=O) groups excluding carboxylic acids is 2. The summed E-state index contributed by atoms with van der Waals surface area (Å²) in [5.41, 5.74) is 1.78. The molecule has 0 aromatic heterocycles. The largest absolute Gasteiger partial charge is 0.351 e. The molecule has 210 valence electrons. The molecule has 5 nitrogen and oxygen atoms in total. The summed E-state index contributed by atoms with van der Waals surface area (Å²) in [4.78, 5) is 28.3. The fourth-order valence-electron chi connectivity index (χ4n) is 6.09. The fraction of sp³-hybridized carbons (Fsp3) is 0.355. The molecule has 0 spiro atoms. The van der Waals surface area contributed by atoms with E-state index in [0.717, 1.165) is 49.2 Å². The average Bonchev–Trinajstić information content (AvgIpc) is 3.67. The van der Waals surface area contributed by atoms with Gasteiger partial charge in [-0.15, -0.1) is 0 Å². The van der Waals surface area contributed by atoms with Crippen LogP contribution < -0.4 is 10.6 Å². The molecule has 0 radical (unpaired) electrons. The number of hydrogen-bond donors (Lipinski definition) is 2. The SMILES string of the molecule is CC(=O)NC1(c2ccccc2)CCN(CC2CC2(C(=O)NCc2ccc(Cl)c(Cl)c2)c2ccc(Cl)c(Cl)c2)CC1. The number of rotatable bonds is 8. The topological polar surface area (TPSA) is 61.4 Å². The zero-order chi connectivity index (χ0) is 28.5. The Labute approximate surface area is 255 Å². The number of nitrogens with one attached hydrogen (secondary N) is 2. The van der Waals surface area contributed by atoms with Crippen molar-refractivity contribution in [3.05, 3.63) is 104 Å². The van der Waals surface area contributed by atoms with Crippen LogP contribution in [0.1, 0.15) is 42.9 Å². The second kappa shape index (κ2) is 11.9. The van der Waals surface area contributed by atoms with Crippen LogP contribution in [0, 0.1) is 5.92 Å². The summed E-state index contributed by atoms with van der Waals surface area (Å²) in [5.74, 6) is 0.0381. The van der Waals surface area contributed by atoms with Crippen molar-refractivity contribution < 1.29 is 9.59 Å². The van der Waals surface area contributed by atoms with Gasteiger partial charge in [0.15, 0.2) is 0 Å². The highest BCUT2D eigenvalue weighted by atomic mass is 35.5. The van der Waals surface area contributed by atoms with Crippen LogP contribution in [0.15, 0.2) is 66.7 Å². The highest BCUT2D eigenvalue weighted by Crippen LogP contribution is 2.56. The maximum atomic E-state index is 13.8. The van der Waals surface area contributed by atoms with Crippen LogP contribution in [-0.2, 0) is 27.1 Å². The minimum atomic E-state index is -0.698. The third kappa shape index (κ3) is 6.00. The van der Waals surface area contributed by atoms with E-state index in [1.54, 1.807) is 25.1 Å². The summed E-state index contributed by atoms with van der Waals surface area (Å²) >= 11 is 24.8. The lowest BCUT2D eigenvalue weighted by Gasteiger charge is -2.43. The van der Waals surface area contributed by atoms with Gasteiger partial charge in [0.25, 0.3) is 0 Å². The number of halogens is 4. The zero-order valence-corrected chi connectivity index (χ0v) is 25.2. The van der Waals surface area contributed by atoms with Gasteiger partial charge >= 0.3 is 0 Å². The van der Waals surface area contributed by atoms with Crippen molar-refractivity contribution in [3.8, 4) is 0 Å². The molecule has 3 aromatic rings. The first kappa shape index (κ1) is 29.2. The van der Waals surface area contributed by atoms with Gasteiger partial charge in [0, 0.05) is 33.1 Å². The van der Waals surface area contributed by atoms with Crippen LogP contribution in [0.4, 0.5) is 0 Å². The summed E-state index contributed by atoms with van der Waals surface area (Å²) in [6.45, 7) is 4.31. The molecule has 40 heavy (non-hydrogen) atoms. The molecular formula is C31H31Cl4N3O2. The van der Waals surface area contributed by atoms with Gasteiger partial charge < -0.3 is 15.5 Å². The van der Waals surface area contributed by atoms with E-state index in [0.29, 0.717) is 33.1 Å². The molecule has 2 amide bonds. The Kier molecular flexibility index (Phi) is 8.70. The lowest BCUT2D eigenvalue weighted by atomic mass is 9.80. The van der Waals surface area contributed by atoms with Crippen LogP contribution >= 0.6 is 46.4 Å². The van der Waals surface area contributed by atoms with E-state index in [2.05, 4.69) is 27.7 Å². The Bertz CT molecular complexity index is 1410. The molecule has 5 rings (SSSR count). The summed E-state index contributed by atoms with van der Waals surface area (Å²) < 4.78 is 0. The summed E-state index contributed by atoms with van der Waals surface area (Å²) in [7, 11) is 0. The first-order chi connectivity index (χ1) is 19.1. The Morgan fingerprint density at radius 2 is 1.50 bits per heavy atom. The lowest BCUT2D eigenvalue weighted by molar-refractivity contribution is -0.124. The molecule has 2 N–H and O–H groups in total. The van der Waals surface area contributed by atoms with Crippen molar-refractivity contribution in [2.75, 3.05) is 19.6 Å². The zero-order valence-electron chi connectivity index (χ0n) is 22.2. The van der Waals surface area contributed by atoms with Crippen LogP contribution in [-0.4, -0.2) is 36.3 Å². The third-order valence-corrected chi connectivity index (χ3v) is 9.79. The van der Waals surface area contributed by atoms with Crippen LogP contribution in [0.3, 0.4) is 0 Å². The van der Waals surface area contributed by atoms with E-state index in [1.807, 2.05) is 36.4 Å². The Hall–Kier alpha value is -2.28. The van der Waals surface area contributed by atoms with Crippen molar-refractivity contribution in [3.63, 3.8) is 0 Å². The predicted octanol–water partition coefficient (Wildman–Crippen LogP) is 7.00. The molecule has 2 aliphatic rings. The van der Waals surface area contributed by atoms with Gasteiger partial charge in [0.05, 0.1) is 31.0 Å². The highest BCUT2D eigenvalue weighted by Gasteiger charge is 2.61. The summed E-state index contributed by atoms with van der Waals surface area (Å²) in [6, 6.07) is 21.0. The number of nitrogens with zero attached hydrogens (tertiary/aromatic N) is 1. The first-order valence-electron chi connectivity index (χ1n) is 13.4. The van der Waals surface area contributed by atoms with Crippen LogP contribution in [0.2, 0.25) is 20.1 Å². The Morgan fingerprint density at radius 1 is 0.850 bits per heavy atom. The van der Waals surface area contributed by atoms with E-state index in [1.165, 1.54) is 0 Å². The molecule has 1 saturated carbocycles. The molecule has 1 saturated heterocycles.